The standard InChI is InChI=1S/C30H35FN6O3/c1-19-22(31)8-4-9-23(19)34-29-27-24(12-14-33-30(27)39)35-28(29)21-11-13-32-17-25(21)40-18-20-7-5-16-37(20)26(38)10-6-15-36(2)3/h4,6,8-11,13,17,20,34-35H,5,7,12,14-16,18H2,1-3H3,(H,33,39)/b10-6+/t20-/m0/s1. The van der Waals surface area contributed by atoms with Crippen molar-refractivity contribution in [3.8, 4) is 17.0 Å². The van der Waals surface area contributed by atoms with Crippen LogP contribution in [0.4, 0.5) is 15.8 Å². The number of benzene rings is 1. The number of hydrogen-bond donors (Lipinski definition) is 3. The monoisotopic (exact) mass is 546 g/mol. The number of likely N-dealkylation sites (N-methyl/N-ethyl adjacent to an activating group) is 1. The number of nitrogens with zero attached hydrogens (tertiary/aromatic N) is 3. The number of aromatic nitrogens is 2. The van der Waals surface area contributed by atoms with Crippen molar-refractivity contribution in [3.05, 3.63) is 71.4 Å². The molecular weight excluding hydrogens is 511 g/mol. The van der Waals surface area contributed by atoms with Gasteiger partial charge >= 0.3 is 0 Å². The van der Waals surface area contributed by atoms with Gasteiger partial charge < -0.3 is 30.2 Å². The first kappa shape index (κ1) is 27.4. The number of rotatable bonds is 9. The Kier molecular flexibility index (Phi) is 8.16. The quantitative estimate of drug-likeness (QED) is 0.350. The molecule has 210 valence electrons. The average molecular weight is 547 g/mol. The number of carbonyl (C=O) groups is 2. The first-order valence-corrected chi connectivity index (χ1v) is 13.6. The first-order chi connectivity index (χ1) is 19.3. The lowest BCUT2D eigenvalue weighted by Gasteiger charge is -2.24. The summed E-state index contributed by atoms with van der Waals surface area (Å²) < 4.78 is 20.7. The van der Waals surface area contributed by atoms with Crippen LogP contribution in [0.2, 0.25) is 0 Å². The smallest absolute Gasteiger partial charge is 0.255 e. The van der Waals surface area contributed by atoms with E-state index in [0.717, 1.165) is 24.1 Å². The molecule has 0 radical (unpaired) electrons. The van der Waals surface area contributed by atoms with Crippen LogP contribution in [-0.4, -0.2) is 78.0 Å². The van der Waals surface area contributed by atoms with Crippen molar-refractivity contribution in [1.29, 1.82) is 0 Å². The van der Waals surface area contributed by atoms with Gasteiger partial charge in [-0.1, -0.05) is 12.1 Å². The Labute approximate surface area is 233 Å². The van der Waals surface area contributed by atoms with Gasteiger partial charge in [-0.3, -0.25) is 14.6 Å². The molecule has 5 rings (SSSR count). The van der Waals surface area contributed by atoms with Gasteiger partial charge in [-0.05, 0) is 52.1 Å². The lowest BCUT2D eigenvalue weighted by Crippen LogP contribution is -2.38. The SMILES string of the molecule is Cc1c(F)cccc1Nc1c(-c2ccncc2OC[C@@H]2CCCN2C(=O)/C=C/CN(C)C)[nH]c2c1C(=O)NCC2. The molecule has 2 aliphatic heterocycles. The highest BCUT2D eigenvalue weighted by molar-refractivity contribution is 6.06. The number of likely N-dealkylation sites (tertiary alicyclic amines) is 1. The molecule has 2 aliphatic rings. The van der Waals surface area contributed by atoms with Crippen LogP contribution in [0.3, 0.4) is 0 Å². The van der Waals surface area contributed by atoms with E-state index >= 15 is 0 Å². The largest absolute Gasteiger partial charge is 0.489 e. The van der Waals surface area contributed by atoms with Crippen molar-refractivity contribution >= 4 is 23.2 Å². The van der Waals surface area contributed by atoms with Gasteiger partial charge in [-0.15, -0.1) is 0 Å². The summed E-state index contributed by atoms with van der Waals surface area (Å²) in [5.41, 5.74) is 4.27. The van der Waals surface area contributed by atoms with Crippen LogP contribution in [0.1, 0.15) is 34.5 Å². The summed E-state index contributed by atoms with van der Waals surface area (Å²) in [6.07, 6.45) is 9.22. The van der Waals surface area contributed by atoms with E-state index in [1.54, 1.807) is 37.5 Å². The molecule has 9 nitrogen and oxygen atoms in total. The Morgan fingerprint density at radius 2 is 2.17 bits per heavy atom. The molecule has 2 aromatic heterocycles. The third kappa shape index (κ3) is 5.72. The maximum Gasteiger partial charge on any atom is 0.255 e. The second-order valence-electron chi connectivity index (χ2n) is 10.4. The van der Waals surface area contributed by atoms with E-state index in [2.05, 4.69) is 20.6 Å². The minimum absolute atomic E-state index is 0.0145. The maximum atomic E-state index is 14.4. The van der Waals surface area contributed by atoms with E-state index in [4.69, 9.17) is 4.74 Å². The van der Waals surface area contributed by atoms with Crippen LogP contribution in [0.5, 0.6) is 5.75 Å². The lowest BCUT2D eigenvalue weighted by molar-refractivity contribution is -0.127. The Bertz CT molecular complexity index is 1430. The molecule has 10 heteroatoms. The van der Waals surface area contributed by atoms with E-state index in [1.807, 2.05) is 36.0 Å². The number of amides is 2. The van der Waals surface area contributed by atoms with E-state index < -0.39 is 0 Å². The van der Waals surface area contributed by atoms with Gasteiger partial charge in [0.05, 0.1) is 29.2 Å². The molecule has 1 saturated heterocycles. The van der Waals surface area contributed by atoms with Gasteiger partial charge in [0.25, 0.3) is 5.91 Å². The summed E-state index contributed by atoms with van der Waals surface area (Å²) in [5.74, 6) is -0.0119. The van der Waals surface area contributed by atoms with Crippen LogP contribution >= 0.6 is 0 Å². The zero-order valence-electron chi connectivity index (χ0n) is 23.1. The molecule has 1 atom stereocenters. The van der Waals surface area contributed by atoms with Gasteiger partial charge in [0.2, 0.25) is 5.91 Å². The van der Waals surface area contributed by atoms with Crippen molar-refractivity contribution in [2.75, 3.05) is 45.7 Å². The number of hydrogen-bond acceptors (Lipinski definition) is 6. The second-order valence-corrected chi connectivity index (χ2v) is 10.4. The first-order valence-electron chi connectivity index (χ1n) is 13.6. The highest BCUT2D eigenvalue weighted by atomic mass is 19.1. The minimum atomic E-state index is -0.333. The highest BCUT2D eigenvalue weighted by Crippen LogP contribution is 2.41. The molecule has 1 aromatic carbocycles. The van der Waals surface area contributed by atoms with Crippen LogP contribution in [-0.2, 0) is 11.2 Å². The van der Waals surface area contributed by atoms with Crippen molar-refractivity contribution < 1.29 is 18.7 Å². The van der Waals surface area contributed by atoms with E-state index in [9.17, 15) is 14.0 Å². The zero-order chi connectivity index (χ0) is 28.2. The molecular formula is C30H35FN6O3. The fraction of sp³-hybridized carbons (Fsp3) is 0.367. The van der Waals surface area contributed by atoms with Crippen molar-refractivity contribution in [2.24, 2.45) is 0 Å². The summed E-state index contributed by atoms with van der Waals surface area (Å²) in [4.78, 5) is 37.3. The molecule has 0 unspecified atom stereocenters. The Morgan fingerprint density at radius 3 is 3.00 bits per heavy atom. The third-order valence-corrected chi connectivity index (χ3v) is 7.37. The molecule has 0 bridgehead atoms. The van der Waals surface area contributed by atoms with Crippen LogP contribution in [0, 0.1) is 12.7 Å². The maximum absolute atomic E-state index is 14.4. The predicted molar refractivity (Wildman–Crippen MR) is 152 cm³/mol. The number of aromatic amines is 1. The van der Waals surface area contributed by atoms with Gasteiger partial charge in [0.1, 0.15) is 18.2 Å². The van der Waals surface area contributed by atoms with Gasteiger partial charge in [-0.25, -0.2) is 4.39 Å². The molecule has 4 heterocycles. The number of carbonyl (C=O) groups excluding carboxylic acids is 2. The molecule has 3 aromatic rings. The Hall–Kier alpha value is -4.18. The third-order valence-electron chi connectivity index (χ3n) is 7.37. The summed E-state index contributed by atoms with van der Waals surface area (Å²) in [7, 11) is 3.92. The molecule has 40 heavy (non-hydrogen) atoms. The van der Waals surface area contributed by atoms with E-state index in [-0.39, 0.29) is 23.7 Å². The Balaban J connectivity index is 1.43. The number of halogens is 1. The number of ether oxygens (including phenoxy) is 1. The van der Waals surface area contributed by atoms with Gasteiger partial charge in [-0.2, -0.15) is 0 Å². The summed E-state index contributed by atoms with van der Waals surface area (Å²) in [6.45, 7) is 3.93. The van der Waals surface area contributed by atoms with Gasteiger partial charge in [0.15, 0.2) is 0 Å². The van der Waals surface area contributed by atoms with Crippen molar-refractivity contribution in [3.63, 3.8) is 0 Å². The van der Waals surface area contributed by atoms with E-state index in [1.165, 1.54) is 6.07 Å². The topological polar surface area (TPSA) is 103 Å². The normalized spacial score (nSPS) is 16.9. The second kappa shape index (κ2) is 11.9. The summed E-state index contributed by atoms with van der Waals surface area (Å²) in [5, 5.41) is 6.23. The zero-order valence-corrected chi connectivity index (χ0v) is 23.1. The number of nitrogens with one attached hydrogen (secondary N) is 3. The van der Waals surface area contributed by atoms with Crippen LogP contribution < -0.4 is 15.4 Å². The number of fused-ring (bicyclic) bond motifs is 1. The molecule has 0 saturated carbocycles. The summed E-state index contributed by atoms with van der Waals surface area (Å²) >= 11 is 0. The number of pyridine rings is 1. The van der Waals surface area contributed by atoms with Gasteiger partial charge in [0, 0.05) is 60.8 Å². The summed E-state index contributed by atoms with van der Waals surface area (Å²) in [6, 6.07) is 6.60. The lowest BCUT2D eigenvalue weighted by atomic mass is 10.0. The molecule has 3 N–H and O–H groups in total. The molecule has 0 aliphatic carbocycles. The molecule has 1 fully saturated rings. The fourth-order valence-corrected chi connectivity index (χ4v) is 5.23. The molecule has 2 amide bonds. The minimum Gasteiger partial charge on any atom is -0.489 e. The van der Waals surface area contributed by atoms with Crippen molar-refractivity contribution in [2.45, 2.75) is 32.2 Å². The Morgan fingerprint density at radius 1 is 1.32 bits per heavy atom. The fourth-order valence-electron chi connectivity index (χ4n) is 5.23. The van der Waals surface area contributed by atoms with Crippen LogP contribution in [0.25, 0.3) is 11.3 Å². The highest BCUT2D eigenvalue weighted by Gasteiger charge is 2.30. The average Bonchev–Trinajstić information content (AvgIpc) is 3.55. The number of H-pyrrole nitrogens is 1. The van der Waals surface area contributed by atoms with E-state index in [0.29, 0.717) is 66.6 Å². The molecule has 0 spiro atoms. The van der Waals surface area contributed by atoms with Crippen LogP contribution in [0.15, 0.2) is 48.8 Å². The van der Waals surface area contributed by atoms with Crippen molar-refractivity contribution in [1.82, 2.24) is 25.1 Å². The predicted octanol–water partition coefficient (Wildman–Crippen LogP) is 4.04. The number of anilines is 2.